The van der Waals surface area contributed by atoms with Crippen LogP contribution in [-0.4, -0.2) is 31.8 Å². The first-order valence-corrected chi connectivity index (χ1v) is 11.7. The van der Waals surface area contributed by atoms with E-state index in [2.05, 4.69) is 36.6 Å². The molecule has 182 valence electrons. The van der Waals surface area contributed by atoms with E-state index in [0.717, 1.165) is 27.9 Å². The van der Waals surface area contributed by atoms with Crippen LogP contribution in [0.3, 0.4) is 0 Å². The van der Waals surface area contributed by atoms with Gasteiger partial charge in [-0.25, -0.2) is 9.97 Å². The molecule has 0 aliphatic carbocycles. The normalized spacial score (nSPS) is 12.4. The van der Waals surface area contributed by atoms with E-state index in [-0.39, 0.29) is 18.2 Å². The van der Waals surface area contributed by atoms with Crippen LogP contribution < -0.4 is 10.6 Å². The number of benzene rings is 1. The highest BCUT2D eigenvalue weighted by Gasteiger charge is 2.24. The van der Waals surface area contributed by atoms with E-state index in [9.17, 15) is 14.9 Å². The van der Waals surface area contributed by atoms with Gasteiger partial charge >= 0.3 is 0 Å². The quantitative estimate of drug-likeness (QED) is 0.423. The molecular formula is C28H23N7O2. The van der Waals surface area contributed by atoms with Crippen LogP contribution in [0.15, 0.2) is 61.2 Å². The molecule has 0 unspecified atom stereocenters. The highest BCUT2D eigenvalue weighted by Crippen LogP contribution is 2.33. The van der Waals surface area contributed by atoms with Gasteiger partial charge in [-0.1, -0.05) is 18.2 Å². The Hall–Kier alpha value is -4.97. The first-order chi connectivity index (χ1) is 17.7. The van der Waals surface area contributed by atoms with Crippen LogP contribution in [0, 0.1) is 18.3 Å². The standard InChI is InChI=1S/C28H23N7O2/c1-16-21(17-5-4-6-18(9-17)25-22-12-24(36)35-26(22)33-15-32-25)11-20(13-31-16)34-27(37)19-7-8-30-23(10-19)28(2,3)14-29/h4-11,13,15H,12H2,1-3H3,(H,34,37)(H,32,33,35,36). The van der Waals surface area contributed by atoms with Crippen molar-refractivity contribution in [3.05, 3.63) is 83.7 Å². The number of nitrogens with one attached hydrogen (secondary N) is 2. The van der Waals surface area contributed by atoms with Gasteiger partial charge < -0.3 is 10.6 Å². The van der Waals surface area contributed by atoms with E-state index in [1.807, 2.05) is 37.3 Å². The molecule has 1 aliphatic rings. The molecule has 0 atom stereocenters. The number of hydrogen-bond acceptors (Lipinski definition) is 7. The monoisotopic (exact) mass is 489 g/mol. The average molecular weight is 490 g/mol. The zero-order valence-corrected chi connectivity index (χ0v) is 20.5. The van der Waals surface area contributed by atoms with Gasteiger partial charge in [0.15, 0.2) is 0 Å². The molecule has 4 aromatic rings. The Morgan fingerprint density at radius 2 is 1.89 bits per heavy atom. The molecule has 9 nitrogen and oxygen atoms in total. The Balaban J connectivity index is 1.45. The van der Waals surface area contributed by atoms with Crippen molar-refractivity contribution in [2.24, 2.45) is 0 Å². The lowest BCUT2D eigenvalue weighted by Gasteiger charge is -2.15. The number of aryl methyl sites for hydroxylation is 1. The molecule has 0 bridgehead atoms. The van der Waals surface area contributed by atoms with Gasteiger partial charge in [0.2, 0.25) is 5.91 Å². The third-order valence-corrected chi connectivity index (χ3v) is 6.27. The average Bonchev–Trinajstić information content (AvgIpc) is 3.30. The van der Waals surface area contributed by atoms with Crippen molar-refractivity contribution in [2.45, 2.75) is 32.6 Å². The summed E-state index contributed by atoms with van der Waals surface area (Å²) >= 11 is 0. The first kappa shape index (κ1) is 23.8. The van der Waals surface area contributed by atoms with Crippen LogP contribution in [-0.2, 0) is 16.6 Å². The largest absolute Gasteiger partial charge is 0.321 e. The number of fused-ring (bicyclic) bond motifs is 1. The maximum Gasteiger partial charge on any atom is 0.255 e. The highest BCUT2D eigenvalue weighted by molar-refractivity contribution is 6.04. The Morgan fingerprint density at radius 3 is 2.70 bits per heavy atom. The van der Waals surface area contributed by atoms with E-state index < -0.39 is 5.41 Å². The third-order valence-electron chi connectivity index (χ3n) is 6.27. The van der Waals surface area contributed by atoms with Crippen molar-refractivity contribution in [1.82, 2.24) is 19.9 Å². The minimum Gasteiger partial charge on any atom is -0.321 e. The van der Waals surface area contributed by atoms with Crippen LogP contribution in [0.4, 0.5) is 11.5 Å². The summed E-state index contributed by atoms with van der Waals surface area (Å²) in [7, 11) is 0. The fourth-order valence-corrected chi connectivity index (χ4v) is 4.17. The second-order valence-electron chi connectivity index (χ2n) is 9.33. The van der Waals surface area contributed by atoms with Gasteiger partial charge in [-0.2, -0.15) is 5.26 Å². The summed E-state index contributed by atoms with van der Waals surface area (Å²) in [5, 5.41) is 15.1. The molecule has 0 saturated carbocycles. The first-order valence-electron chi connectivity index (χ1n) is 11.7. The predicted octanol–water partition coefficient (Wildman–Crippen LogP) is 4.46. The number of anilines is 2. The molecular weight excluding hydrogens is 466 g/mol. The predicted molar refractivity (Wildman–Crippen MR) is 139 cm³/mol. The van der Waals surface area contributed by atoms with Crippen LogP contribution in [0.25, 0.3) is 22.4 Å². The lowest BCUT2D eigenvalue weighted by atomic mass is 9.90. The lowest BCUT2D eigenvalue weighted by Crippen LogP contribution is -2.18. The minimum absolute atomic E-state index is 0.103. The molecule has 0 spiro atoms. The molecule has 0 saturated heterocycles. The van der Waals surface area contributed by atoms with E-state index in [1.54, 1.807) is 32.2 Å². The molecule has 37 heavy (non-hydrogen) atoms. The maximum atomic E-state index is 13.0. The van der Waals surface area contributed by atoms with E-state index >= 15 is 0 Å². The number of nitriles is 1. The number of amides is 2. The molecule has 2 N–H and O–H groups in total. The van der Waals surface area contributed by atoms with Gasteiger partial charge in [-0.15, -0.1) is 0 Å². The van der Waals surface area contributed by atoms with Gasteiger partial charge in [0.25, 0.3) is 5.91 Å². The molecule has 9 heteroatoms. The number of nitrogens with zero attached hydrogens (tertiary/aromatic N) is 5. The Bertz CT molecular complexity index is 1600. The summed E-state index contributed by atoms with van der Waals surface area (Å²) in [6.45, 7) is 5.41. The van der Waals surface area contributed by atoms with Crippen molar-refractivity contribution in [2.75, 3.05) is 10.6 Å². The number of rotatable bonds is 5. The molecule has 0 fully saturated rings. The minimum atomic E-state index is -0.812. The number of hydrogen-bond donors (Lipinski definition) is 2. The van der Waals surface area contributed by atoms with Crippen LogP contribution in [0.5, 0.6) is 0 Å². The fraction of sp³-hybridized carbons (Fsp3) is 0.179. The molecule has 0 radical (unpaired) electrons. The molecule has 1 aliphatic heterocycles. The van der Waals surface area contributed by atoms with E-state index in [0.29, 0.717) is 28.5 Å². The van der Waals surface area contributed by atoms with Crippen molar-refractivity contribution in [3.8, 4) is 28.5 Å². The van der Waals surface area contributed by atoms with Gasteiger partial charge in [0.1, 0.15) is 12.1 Å². The summed E-state index contributed by atoms with van der Waals surface area (Å²) in [6.07, 6.45) is 4.81. The third kappa shape index (κ3) is 4.65. The highest BCUT2D eigenvalue weighted by atomic mass is 16.2. The van der Waals surface area contributed by atoms with Gasteiger partial charge in [-0.05, 0) is 50.6 Å². The number of pyridine rings is 2. The van der Waals surface area contributed by atoms with Gasteiger partial charge in [0, 0.05) is 34.1 Å². The molecule has 2 amide bonds. The Morgan fingerprint density at radius 1 is 1.08 bits per heavy atom. The summed E-state index contributed by atoms with van der Waals surface area (Å²) in [6, 6.07) is 15.1. The molecule has 4 heterocycles. The topological polar surface area (TPSA) is 134 Å². The van der Waals surface area contributed by atoms with Crippen LogP contribution in [0.1, 0.15) is 41.2 Å². The maximum absolute atomic E-state index is 13.0. The SMILES string of the molecule is Cc1ncc(NC(=O)c2ccnc(C(C)(C)C#N)c2)cc1-c1cccc(-c2ncnc3c2CC(=O)N3)c1. The fourth-order valence-electron chi connectivity index (χ4n) is 4.17. The smallest absolute Gasteiger partial charge is 0.255 e. The zero-order valence-electron chi connectivity index (χ0n) is 20.5. The Kier molecular flexibility index (Phi) is 5.93. The second kappa shape index (κ2) is 9.24. The van der Waals surface area contributed by atoms with Crippen molar-refractivity contribution < 1.29 is 9.59 Å². The number of carbonyl (C=O) groups is 2. The number of carbonyl (C=O) groups excluding carboxylic acids is 2. The molecule has 5 rings (SSSR count). The van der Waals surface area contributed by atoms with Crippen LogP contribution in [0.2, 0.25) is 0 Å². The van der Waals surface area contributed by atoms with Crippen molar-refractivity contribution >= 4 is 23.3 Å². The summed E-state index contributed by atoms with van der Waals surface area (Å²) < 4.78 is 0. The van der Waals surface area contributed by atoms with E-state index in [4.69, 9.17) is 0 Å². The summed E-state index contributed by atoms with van der Waals surface area (Å²) in [5.74, 6) is 0.116. The summed E-state index contributed by atoms with van der Waals surface area (Å²) in [4.78, 5) is 42.2. The van der Waals surface area contributed by atoms with Crippen molar-refractivity contribution in [3.63, 3.8) is 0 Å². The lowest BCUT2D eigenvalue weighted by molar-refractivity contribution is -0.115. The zero-order chi connectivity index (χ0) is 26.2. The van der Waals surface area contributed by atoms with E-state index in [1.165, 1.54) is 12.5 Å². The van der Waals surface area contributed by atoms with Gasteiger partial charge in [-0.3, -0.25) is 19.6 Å². The molecule has 1 aromatic carbocycles. The Labute approximate surface area is 213 Å². The number of aromatic nitrogens is 4. The van der Waals surface area contributed by atoms with Crippen molar-refractivity contribution in [1.29, 1.82) is 5.26 Å². The second-order valence-corrected chi connectivity index (χ2v) is 9.33. The van der Waals surface area contributed by atoms with Crippen LogP contribution >= 0.6 is 0 Å². The molecule has 3 aromatic heterocycles. The van der Waals surface area contributed by atoms with Gasteiger partial charge in [0.05, 0.1) is 41.2 Å². The summed E-state index contributed by atoms with van der Waals surface area (Å²) in [5.41, 5.74) is 5.51.